The Labute approximate surface area is 142 Å². The van der Waals surface area contributed by atoms with Crippen molar-refractivity contribution in [3.63, 3.8) is 0 Å². The quantitative estimate of drug-likeness (QED) is 0.816. The molecule has 1 fully saturated rings. The first-order valence-corrected chi connectivity index (χ1v) is 8.22. The zero-order chi connectivity index (χ0) is 16.9. The van der Waals surface area contributed by atoms with Gasteiger partial charge >= 0.3 is 0 Å². The fraction of sp³-hybridized carbons (Fsp3) is 0.300. The number of ether oxygens (including phenoxy) is 1. The molecular weight excluding hydrogens is 302 g/mol. The molecule has 3 rings (SSSR count). The first kappa shape index (κ1) is 16.4. The molecule has 0 aromatic heterocycles. The highest BCUT2D eigenvalue weighted by Crippen LogP contribution is 2.18. The summed E-state index contributed by atoms with van der Waals surface area (Å²) in [5.74, 6) is 0.0549. The van der Waals surface area contributed by atoms with Crippen LogP contribution in [0.15, 0.2) is 54.6 Å². The predicted molar refractivity (Wildman–Crippen MR) is 92.2 cm³/mol. The minimum absolute atomic E-state index is 0.104. The van der Waals surface area contributed by atoms with Crippen LogP contribution in [-0.2, 0) is 4.74 Å². The number of carbonyl (C=O) groups is 2. The third kappa shape index (κ3) is 3.54. The summed E-state index contributed by atoms with van der Waals surface area (Å²) in [6.45, 7) is 4.45. The number of ketones is 1. The van der Waals surface area contributed by atoms with Crippen LogP contribution in [0.25, 0.3) is 0 Å². The Bertz CT molecular complexity index is 727. The van der Waals surface area contributed by atoms with Gasteiger partial charge in [-0.1, -0.05) is 55.5 Å². The number of benzene rings is 2. The van der Waals surface area contributed by atoms with Crippen molar-refractivity contribution in [2.45, 2.75) is 6.92 Å². The van der Waals surface area contributed by atoms with E-state index in [9.17, 15) is 9.59 Å². The van der Waals surface area contributed by atoms with Crippen molar-refractivity contribution in [2.24, 2.45) is 5.92 Å². The van der Waals surface area contributed by atoms with Crippen LogP contribution in [0.4, 0.5) is 0 Å². The van der Waals surface area contributed by atoms with Gasteiger partial charge in [-0.15, -0.1) is 0 Å². The van der Waals surface area contributed by atoms with Gasteiger partial charge in [-0.05, 0) is 12.0 Å². The van der Waals surface area contributed by atoms with Crippen molar-refractivity contribution in [1.29, 1.82) is 0 Å². The second kappa shape index (κ2) is 7.41. The molecule has 2 aromatic rings. The number of rotatable bonds is 3. The molecule has 4 heteroatoms. The standard InChI is InChI=1S/C20H21NO3/c1-15-13-21(11-12-24-14-15)20(23)18-10-6-5-9-17(18)19(22)16-7-3-2-4-8-16/h2-10,15H,11-14H2,1H3. The van der Waals surface area contributed by atoms with Gasteiger partial charge in [-0.3, -0.25) is 9.59 Å². The monoisotopic (exact) mass is 323 g/mol. The largest absolute Gasteiger partial charge is 0.379 e. The van der Waals surface area contributed by atoms with Gasteiger partial charge in [0.25, 0.3) is 5.91 Å². The molecule has 1 atom stereocenters. The lowest BCUT2D eigenvalue weighted by atomic mass is 9.97. The lowest BCUT2D eigenvalue weighted by molar-refractivity contribution is 0.0734. The zero-order valence-electron chi connectivity index (χ0n) is 13.8. The molecule has 0 spiro atoms. The SMILES string of the molecule is CC1COCCN(C(=O)c2ccccc2C(=O)c2ccccc2)C1. The summed E-state index contributed by atoms with van der Waals surface area (Å²) in [7, 11) is 0. The predicted octanol–water partition coefficient (Wildman–Crippen LogP) is 3.03. The Morgan fingerprint density at radius 3 is 2.42 bits per heavy atom. The summed E-state index contributed by atoms with van der Waals surface area (Å²) in [5.41, 5.74) is 1.50. The lowest BCUT2D eigenvalue weighted by Crippen LogP contribution is -2.36. The van der Waals surface area contributed by atoms with E-state index in [2.05, 4.69) is 6.92 Å². The molecule has 0 bridgehead atoms. The van der Waals surface area contributed by atoms with Crippen molar-refractivity contribution in [3.05, 3.63) is 71.3 Å². The van der Waals surface area contributed by atoms with Crippen molar-refractivity contribution >= 4 is 11.7 Å². The highest BCUT2D eigenvalue weighted by Gasteiger charge is 2.25. The fourth-order valence-corrected chi connectivity index (χ4v) is 2.95. The van der Waals surface area contributed by atoms with E-state index in [4.69, 9.17) is 4.74 Å². The van der Waals surface area contributed by atoms with Gasteiger partial charge in [0.2, 0.25) is 0 Å². The van der Waals surface area contributed by atoms with E-state index in [-0.39, 0.29) is 17.6 Å². The van der Waals surface area contributed by atoms with Crippen LogP contribution in [0.2, 0.25) is 0 Å². The molecule has 0 saturated carbocycles. The van der Waals surface area contributed by atoms with E-state index in [1.165, 1.54) is 0 Å². The van der Waals surface area contributed by atoms with Gasteiger partial charge in [0, 0.05) is 24.2 Å². The second-order valence-electron chi connectivity index (χ2n) is 6.17. The normalized spacial score (nSPS) is 18.0. The van der Waals surface area contributed by atoms with Crippen molar-refractivity contribution in [3.8, 4) is 0 Å². The second-order valence-corrected chi connectivity index (χ2v) is 6.17. The van der Waals surface area contributed by atoms with Gasteiger partial charge in [0.1, 0.15) is 0 Å². The molecule has 1 unspecified atom stereocenters. The van der Waals surface area contributed by atoms with E-state index in [1.807, 2.05) is 18.2 Å². The minimum atomic E-state index is -0.126. The van der Waals surface area contributed by atoms with E-state index in [0.29, 0.717) is 43.0 Å². The van der Waals surface area contributed by atoms with Crippen LogP contribution in [0, 0.1) is 5.92 Å². The van der Waals surface area contributed by atoms with Crippen LogP contribution >= 0.6 is 0 Å². The third-order valence-corrected chi connectivity index (χ3v) is 4.17. The summed E-state index contributed by atoms with van der Waals surface area (Å²) >= 11 is 0. The van der Waals surface area contributed by atoms with Crippen LogP contribution in [-0.4, -0.2) is 42.9 Å². The van der Waals surface area contributed by atoms with Gasteiger partial charge in [0.05, 0.1) is 18.8 Å². The van der Waals surface area contributed by atoms with Crippen LogP contribution in [0.3, 0.4) is 0 Å². The topological polar surface area (TPSA) is 46.6 Å². The molecule has 2 aromatic carbocycles. The maximum atomic E-state index is 13.0. The summed E-state index contributed by atoms with van der Waals surface area (Å²) in [6, 6.07) is 16.1. The maximum absolute atomic E-state index is 13.0. The van der Waals surface area contributed by atoms with E-state index in [0.717, 1.165) is 0 Å². The number of hydrogen-bond acceptors (Lipinski definition) is 3. The number of carbonyl (C=O) groups excluding carboxylic acids is 2. The number of hydrogen-bond donors (Lipinski definition) is 0. The molecule has 24 heavy (non-hydrogen) atoms. The maximum Gasteiger partial charge on any atom is 0.254 e. The Morgan fingerprint density at radius 2 is 1.67 bits per heavy atom. The summed E-state index contributed by atoms with van der Waals surface area (Å²) in [6.07, 6.45) is 0. The Balaban J connectivity index is 1.91. The molecule has 0 radical (unpaired) electrons. The molecule has 1 aliphatic rings. The fourth-order valence-electron chi connectivity index (χ4n) is 2.95. The van der Waals surface area contributed by atoms with Gasteiger partial charge in [-0.25, -0.2) is 0 Å². The molecule has 4 nitrogen and oxygen atoms in total. The van der Waals surface area contributed by atoms with Gasteiger partial charge < -0.3 is 9.64 Å². The number of nitrogens with zero attached hydrogens (tertiary/aromatic N) is 1. The average molecular weight is 323 g/mol. The van der Waals surface area contributed by atoms with E-state index >= 15 is 0 Å². The average Bonchev–Trinajstić information content (AvgIpc) is 2.85. The number of amides is 1. The smallest absolute Gasteiger partial charge is 0.254 e. The lowest BCUT2D eigenvalue weighted by Gasteiger charge is -2.23. The third-order valence-electron chi connectivity index (χ3n) is 4.17. The van der Waals surface area contributed by atoms with Crippen molar-refractivity contribution in [1.82, 2.24) is 4.90 Å². The summed E-state index contributed by atoms with van der Waals surface area (Å²) < 4.78 is 5.51. The Kier molecular flexibility index (Phi) is 5.06. The molecule has 1 amide bonds. The minimum Gasteiger partial charge on any atom is -0.379 e. The van der Waals surface area contributed by atoms with Gasteiger partial charge in [-0.2, -0.15) is 0 Å². The summed E-state index contributed by atoms with van der Waals surface area (Å²) in [5, 5.41) is 0. The Morgan fingerprint density at radius 1 is 1.00 bits per heavy atom. The molecule has 0 aliphatic carbocycles. The molecule has 1 saturated heterocycles. The first-order valence-electron chi connectivity index (χ1n) is 8.22. The zero-order valence-corrected chi connectivity index (χ0v) is 13.8. The Hall–Kier alpha value is -2.46. The molecule has 124 valence electrons. The highest BCUT2D eigenvalue weighted by molar-refractivity contribution is 6.15. The summed E-state index contributed by atoms with van der Waals surface area (Å²) in [4.78, 5) is 27.6. The molecule has 0 N–H and O–H groups in total. The van der Waals surface area contributed by atoms with Gasteiger partial charge in [0.15, 0.2) is 5.78 Å². The molecule has 1 heterocycles. The first-order chi connectivity index (χ1) is 11.7. The van der Waals surface area contributed by atoms with E-state index in [1.54, 1.807) is 41.3 Å². The molecular formula is C20H21NO3. The van der Waals surface area contributed by atoms with E-state index < -0.39 is 0 Å². The van der Waals surface area contributed by atoms with Crippen molar-refractivity contribution < 1.29 is 14.3 Å². The van der Waals surface area contributed by atoms with Crippen LogP contribution in [0.1, 0.15) is 33.2 Å². The van der Waals surface area contributed by atoms with Crippen LogP contribution in [0.5, 0.6) is 0 Å². The highest BCUT2D eigenvalue weighted by atomic mass is 16.5. The molecule has 1 aliphatic heterocycles. The van der Waals surface area contributed by atoms with Crippen molar-refractivity contribution in [2.75, 3.05) is 26.3 Å². The van der Waals surface area contributed by atoms with Crippen LogP contribution < -0.4 is 0 Å².